The number of H-pyrrole nitrogens is 1. The number of hydrogen-bond donors (Lipinski definition) is 1. The first-order valence-corrected chi connectivity index (χ1v) is 11.1. The van der Waals surface area contributed by atoms with E-state index in [4.69, 9.17) is 4.98 Å². The van der Waals surface area contributed by atoms with E-state index in [2.05, 4.69) is 23.2 Å². The zero-order valence-electron chi connectivity index (χ0n) is 16.0. The second-order valence-electron chi connectivity index (χ2n) is 7.37. The fourth-order valence-corrected chi connectivity index (χ4v) is 5.37. The third-order valence-electron chi connectivity index (χ3n) is 5.36. The highest BCUT2D eigenvalue weighted by Crippen LogP contribution is 2.33. The van der Waals surface area contributed by atoms with E-state index in [1.54, 1.807) is 18.3 Å². The Morgan fingerprint density at radius 3 is 2.76 bits per heavy atom. The first-order valence-electron chi connectivity index (χ1n) is 9.48. The Labute approximate surface area is 169 Å². The minimum absolute atomic E-state index is 0.0665. The number of rotatable bonds is 2. The van der Waals surface area contributed by atoms with Crippen molar-refractivity contribution in [1.82, 2.24) is 15.2 Å². The fraction of sp³-hybridized carbons (Fsp3) is 0.182. The highest BCUT2D eigenvalue weighted by Gasteiger charge is 2.26. The van der Waals surface area contributed by atoms with Gasteiger partial charge >= 0.3 is 0 Å². The van der Waals surface area contributed by atoms with Crippen LogP contribution in [0.25, 0.3) is 22.2 Å². The lowest BCUT2D eigenvalue weighted by atomic mass is 10.0. The van der Waals surface area contributed by atoms with E-state index < -0.39 is 9.84 Å². The van der Waals surface area contributed by atoms with E-state index in [0.717, 1.165) is 39.1 Å². The quantitative estimate of drug-likeness (QED) is 0.551. The number of benzene rings is 2. The Kier molecular flexibility index (Phi) is 4.13. The summed E-state index contributed by atoms with van der Waals surface area (Å²) in [6.45, 7) is 2.95. The molecule has 0 bridgehead atoms. The SMILES string of the molecule is Cc1ccc2nc(N3CCS(=O)(=O)c4ccccc4C3)cc(-c3ccn[nH]3)c2c1. The molecule has 0 amide bonds. The third kappa shape index (κ3) is 3.17. The van der Waals surface area contributed by atoms with Gasteiger partial charge in [-0.1, -0.05) is 29.8 Å². The van der Waals surface area contributed by atoms with E-state index in [1.165, 1.54) is 0 Å². The largest absolute Gasteiger partial charge is 0.351 e. The van der Waals surface area contributed by atoms with Gasteiger partial charge in [0, 0.05) is 30.2 Å². The van der Waals surface area contributed by atoms with Gasteiger partial charge in [-0.05, 0) is 42.8 Å². The molecule has 0 saturated carbocycles. The predicted octanol–water partition coefficient (Wildman–Crippen LogP) is 3.73. The van der Waals surface area contributed by atoms with Gasteiger partial charge in [-0.15, -0.1) is 0 Å². The zero-order chi connectivity index (χ0) is 20.0. The van der Waals surface area contributed by atoms with Crippen molar-refractivity contribution in [3.8, 4) is 11.3 Å². The topological polar surface area (TPSA) is 79.0 Å². The summed E-state index contributed by atoms with van der Waals surface area (Å²) in [4.78, 5) is 7.34. The van der Waals surface area contributed by atoms with Gasteiger partial charge in [0.05, 0.1) is 21.9 Å². The molecule has 0 radical (unpaired) electrons. The maximum Gasteiger partial charge on any atom is 0.180 e. The Hall–Kier alpha value is -3.19. The fourth-order valence-electron chi connectivity index (χ4n) is 3.87. The van der Waals surface area contributed by atoms with E-state index >= 15 is 0 Å². The predicted molar refractivity (Wildman–Crippen MR) is 114 cm³/mol. The summed E-state index contributed by atoms with van der Waals surface area (Å²) < 4.78 is 25.4. The monoisotopic (exact) mass is 404 g/mol. The van der Waals surface area contributed by atoms with Crippen LogP contribution in [-0.2, 0) is 16.4 Å². The van der Waals surface area contributed by atoms with E-state index in [-0.39, 0.29) is 5.75 Å². The third-order valence-corrected chi connectivity index (χ3v) is 7.15. The van der Waals surface area contributed by atoms with Crippen LogP contribution in [-0.4, -0.2) is 35.9 Å². The molecule has 0 unspecified atom stereocenters. The molecular formula is C22H20N4O2S. The second kappa shape index (κ2) is 6.70. The summed E-state index contributed by atoms with van der Waals surface area (Å²) in [5.41, 5.74) is 4.75. The van der Waals surface area contributed by atoms with Crippen molar-refractivity contribution in [3.05, 3.63) is 71.9 Å². The van der Waals surface area contributed by atoms with Crippen molar-refractivity contribution < 1.29 is 8.42 Å². The molecule has 0 saturated heterocycles. The lowest BCUT2D eigenvalue weighted by Gasteiger charge is -2.23. The molecule has 29 heavy (non-hydrogen) atoms. The summed E-state index contributed by atoms with van der Waals surface area (Å²) in [6.07, 6.45) is 1.73. The molecule has 5 rings (SSSR count). The maximum atomic E-state index is 12.7. The number of nitrogens with zero attached hydrogens (tertiary/aromatic N) is 3. The van der Waals surface area contributed by atoms with Crippen LogP contribution in [0.2, 0.25) is 0 Å². The molecule has 2 aromatic heterocycles. The minimum Gasteiger partial charge on any atom is -0.351 e. The highest BCUT2D eigenvalue weighted by molar-refractivity contribution is 7.91. The van der Waals surface area contributed by atoms with Gasteiger partial charge in [0.15, 0.2) is 9.84 Å². The van der Waals surface area contributed by atoms with Crippen molar-refractivity contribution in [2.24, 2.45) is 0 Å². The van der Waals surface area contributed by atoms with Crippen molar-refractivity contribution in [2.75, 3.05) is 17.2 Å². The number of aryl methyl sites for hydroxylation is 1. The van der Waals surface area contributed by atoms with Crippen molar-refractivity contribution in [2.45, 2.75) is 18.4 Å². The van der Waals surface area contributed by atoms with Crippen LogP contribution in [0.3, 0.4) is 0 Å². The molecule has 7 heteroatoms. The first kappa shape index (κ1) is 17.9. The normalized spacial score (nSPS) is 15.8. The standard InChI is InChI=1S/C22H20N4O2S/c1-15-6-7-19-17(12-15)18(20-8-9-23-25-20)13-22(24-19)26-10-11-29(27,28)21-5-3-2-4-16(21)14-26/h2-9,12-13H,10-11,14H2,1H3,(H,23,25). The number of sulfone groups is 1. The molecule has 4 aromatic rings. The number of aromatic nitrogens is 3. The van der Waals surface area contributed by atoms with Gasteiger partial charge in [0.1, 0.15) is 5.82 Å². The molecule has 0 fully saturated rings. The minimum atomic E-state index is -3.31. The van der Waals surface area contributed by atoms with Crippen molar-refractivity contribution in [3.63, 3.8) is 0 Å². The lowest BCUT2D eigenvalue weighted by molar-refractivity contribution is 0.596. The smallest absolute Gasteiger partial charge is 0.180 e. The average Bonchev–Trinajstić information content (AvgIpc) is 3.21. The van der Waals surface area contributed by atoms with E-state index in [9.17, 15) is 8.42 Å². The molecule has 0 aliphatic carbocycles. The molecule has 3 heterocycles. The molecule has 2 aromatic carbocycles. The van der Waals surface area contributed by atoms with Gasteiger partial charge < -0.3 is 4.90 Å². The molecule has 0 atom stereocenters. The Morgan fingerprint density at radius 1 is 1.07 bits per heavy atom. The number of nitrogens with one attached hydrogen (secondary N) is 1. The molecule has 146 valence electrons. The maximum absolute atomic E-state index is 12.7. The second-order valence-corrected chi connectivity index (χ2v) is 9.44. The summed E-state index contributed by atoms with van der Waals surface area (Å²) in [6, 6.07) is 17.4. The van der Waals surface area contributed by atoms with Crippen LogP contribution in [0.15, 0.2) is 65.7 Å². The van der Waals surface area contributed by atoms with Crippen LogP contribution < -0.4 is 4.90 Å². The Morgan fingerprint density at radius 2 is 1.93 bits per heavy atom. The van der Waals surface area contributed by atoms with Crippen LogP contribution in [0.5, 0.6) is 0 Å². The number of pyridine rings is 1. The summed E-state index contributed by atoms with van der Waals surface area (Å²) in [7, 11) is -3.31. The number of aromatic amines is 1. The molecule has 1 aliphatic rings. The van der Waals surface area contributed by atoms with Gasteiger partial charge in [-0.25, -0.2) is 13.4 Å². The lowest BCUT2D eigenvalue weighted by Crippen LogP contribution is -2.26. The number of hydrogen-bond acceptors (Lipinski definition) is 5. The van der Waals surface area contributed by atoms with Crippen LogP contribution in [0.1, 0.15) is 11.1 Å². The Balaban J connectivity index is 1.67. The van der Waals surface area contributed by atoms with Crippen LogP contribution in [0.4, 0.5) is 5.82 Å². The zero-order valence-corrected chi connectivity index (χ0v) is 16.8. The van der Waals surface area contributed by atoms with E-state index in [1.807, 2.05) is 41.3 Å². The van der Waals surface area contributed by atoms with Crippen molar-refractivity contribution >= 4 is 26.6 Å². The van der Waals surface area contributed by atoms with Gasteiger partial charge in [-0.3, -0.25) is 5.10 Å². The molecular weight excluding hydrogens is 384 g/mol. The molecule has 1 N–H and O–H groups in total. The van der Waals surface area contributed by atoms with Crippen molar-refractivity contribution in [1.29, 1.82) is 0 Å². The summed E-state index contributed by atoms with van der Waals surface area (Å²) >= 11 is 0. The first-order chi connectivity index (χ1) is 14.0. The van der Waals surface area contributed by atoms with E-state index in [0.29, 0.717) is 18.0 Å². The Bertz CT molecular complexity index is 1310. The van der Waals surface area contributed by atoms with Gasteiger partial charge in [0.25, 0.3) is 0 Å². The summed E-state index contributed by atoms with van der Waals surface area (Å²) in [5, 5.41) is 8.18. The number of anilines is 1. The molecule has 0 spiro atoms. The van der Waals surface area contributed by atoms with Crippen LogP contribution >= 0.6 is 0 Å². The van der Waals surface area contributed by atoms with Gasteiger partial charge in [0.2, 0.25) is 0 Å². The number of fused-ring (bicyclic) bond motifs is 2. The highest BCUT2D eigenvalue weighted by atomic mass is 32.2. The van der Waals surface area contributed by atoms with Gasteiger partial charge in [-0.2, -0.15) is 5.10 Å². The molecule has 6 nitrogen and oxygen atoms in total. The van der Waals surface area contributed by atoms with Crippen LogP contribution in [0, 0.1) is 6.92 Å². The summed E-state index contributed by atoms with van der Waals surface area (Å²) in [5.74, 6) is 0.828. The molecule has 1 aliphatic heterocycles. The average molecular weight is 404 g/mol.